The molecule has 0 aromatic heterocycles. The van der Waals surface area contributed by atoms with Crippen LogP contribution in [0.1, 0.15) is 44.1 Å². The molecule has 4 nitrogen and oxygen atoms in total. The molecule has 0 spiro atoms. The molecule has 4 bridgehead atoms. The third-order valence-electron chi connectivity index (χ3n) is 6.61. The highest BCUT2D eigenvalue weighted by molar-refractivity contribution is 6.24. The first-order valence-corrected chi connectivity index (χ1v) is 10.1. The molecule has 1 N–H and O–H groups in total. The number of carbonyl (C=O) groups is 2. The van der Waals surface area contributed by atoms with Gasteiger partial charge in [-0.2, -0.15) is 0 Å². The molecule has 0 heterocycles. The molecule has 0 unspecified atom stereocenters. The molecule has 0 radical (unpaired) electrons. The lowest BCUT2D eigenvalue weighted by atomic mass is 9.49. The van der Waals surface area contributed by atoms with Gasteiger partial charge in [0.1, 0.15) is 5.82 Å². The average molecular weight is 393 g/mol. The summed E-state index contributed by atoms with van der Waals surface area (Å²) in [7, 11) is 1.66. The first kappa shape index (κ1) is 18.7. The summed E-state index contributed by atoms with van der Waals surface area (Å²) in [6, 6.07) is 6.19. The van der Waals surface area contributed by atoms with E-state index in [9.17, 15) is 14.0 Å². The second kappa shape index (κ2) is 6.77. The molecule has 6 heteroatoms. The molecule has 2 atom stereocenters. The van der Waals surface area contributed by atoms with E-state index in [0.717, 1.165) is 37.7 Å². The van der Waals surface area contributed by atoms with E-state index in [0.29, 0.717) is 18.4 Å². The zero-order valence-corrected chi connectivity index (χ0v) is 16.4. The summed E-state index contributed by atoms with van der Waals surface area (Å²) in [4.78, 5) is 26.7. The summed E-state index contributed by atoms with van der Waals surface area (Å²) in [6.07, 6.45) is 5.77. The normalized spacial score (nSPS) is 33.7. The quantitative estimate of drug-likeness (QED) is 0.780. The number of amides is 2. The summed E-state index contributed by atoms with van der Waals surface area (Å²) < 4.78 is 13.3. The Kier molecular flexibility index (Phi) is 4.69. The Balaban J connectivity index is 1.34. The Morgan fingerprint density at radius 3 is 2.59 bits per heavy atom. The third kappa shape index (κ3) is 3.71. The fourth-order valence-electron chi connectivity index (χ4n) is 5.89. The van der Waals surface area contributed by atoms with Crippen LogP contribution in [0.4, 0.5) is 4.39 Å². The van der Waals surface area contributed by atoms with Crippen LogP contribution in [-0.2, 0) is 16.1 Å². The molecule has 0 aliphatic heterocycles. The lowest BCUT2D eigenvalue weighted by Gasteiger charge is -2.59. The Morgan fingerprint density at radius 1 is 1.26 bits per heavy atom. The highest BCUT2D eigenvalue weighted by atomic mass is 35.5. The summed E-state index contributed by atoms with van der Waals surface area (Å²) in [6.45, 7) is 0.281. The van der Waals surface area contributed by atoms with Gasteiger partial charge in [-0.3, -0.25) is 9.59 Å². The van der Waals surface area contributed by atoms with Gasteiger partial charge in [0.05, 0.1) is 12.0 Å². The second-order valence-corrected chi connectivity index (χ2v) is 9.76. The highest BCUT2D eigenvalue weighted by Gasteiger charge is 2.60. The van der Waals surface area contributed by atoms with E-state index in [1.807, 2.05) is 0 Å². The molecule has 1 aromatic rings. The van der Waals surface area contributed by atoms with Crippen molar-refractivity contribution in [2.24, 2.45) is 17.3 Å². The number of hydrogen-bond acceptors (Lipinski definition) is 2. The first-order valence-electron chi connectivity index (χ1n) is 9.73. The molecular weight excluding hydrogens is 367 g/mol. The maximum atomic E-state index is 13.3. The van der Waals surface area contributed by atoms with Crippen molar-refractivity contribution in [2.45, 2.75) is 49.9 Å². The number of nitrogens with zero attached hydrogens (tertiary/aromatic N) is 1. The zero-order chi connectivity index (χ0) is 19.2. The fraction of sp³-hybridized carbons (Fsp3) is 0.619. The largest absolute Gasteiger partial charge is 0.347 e. The minimum absolute atomic E-state index is 0.0193. The maximum Gasteiger partial charge on any atom is 0.242 e. The van der Waals surface area contributed by atoms with Crippen LogP contribution in [0, 0.1) is 23.1 Å². The van der Waals surface area contributed by atoms with Crippen molar-refractivity contribution in [3.63, 3.8) is 0 Å². The van der Waals surface area contributed by atoms with Crippen LogP contribution in [0.2, 0.25) is 0 Å². The molecule has 27 heavy (non-hydrogen) atoms. The molecule has 4 aliphatic carbocycles. The standard InChI is InChI=1S/C21H26ClFN2O2/c1-25(12-14-3-2-4-17(23)6-14)18(26)11-24-19(27)20-7-15-5-16(8-20)10-21(22,9-15)13-20/h2-4,6,15-16H,5,7-13H2,1H3,(H,24,27)/t15-,16-,20?,21?/m1/s1. The van der Waals surface area contributed by atoms with E-state index in [1.54, 1.807) is 19.2 Å². The van der Waals surface area contributed by atoms with Crippen molar-refractivity contribution in [3.05, 3.63) is 35.6 Å². The summed E-state index contributed by atoms with van der Waals surface area (Å²) in [5.74, 6) is 0.562. The third-order valence-corrected chi connectivity index (χ3v) is 7.05. The van der Waals surface area contributed by atoms with Gasteiger partial charge in [-0.1, -0.05) is 12.1 Å². The lowest BCUT2D eigenvalue weighted by molar-refractivity contribution is -0.146. The monoisotopic (exact) mass is 392 g/mol. The number of hydrogen-bond donors (Lipinski definition) is 1. The lowest BCUT2D eigenvalue weighted by Crippen LogP contribution is -2.59. The number of halogens is 2. The van der Waals surface area contributed by atoms with Gasteiger partial charge >= 0.3 is 0 Å². The van der Waals surface area contributed by atoms with E-state index in [2.05, 4.69) is 5.32 Å². The van der Waals surface area contributed by atoms with E-state index in [1.165, 1.54) is 23.5 Å². The summed E-state index contributed by atoms with van der Waals surface area (Å²) in [5, 5.41) is 2.87. The number of alkyl halides is 1. The minimum Gasteiger partial charge on any atom is -0.347 e. The first-order chi connectivity index (χ1) is 12.8. The van der Waals surface area contributed by atoms with Crippen molar-refractivity contribution in [1.29, 1.82) is 0 Å². The predicted molar refractivity (Wildman–Crippen MR) is 102 cm³/mol. The van der Waals surface area contributed by atoms with Crippen molar-refractivity contribution in [2.75, 3.05) is 13.6 Å². The molecule has 0 saturated heterocycles. The van der Waals surface area contributed by atoms with E-state index in [4.69, 9.17) is 11.6 Å². The Morgan fingerprint density at radius 2 is 1.96 bits per heavy atom. The molecular formula is C21H26ClFN2O2. The van der Waals surface area contributed by atoms with Crippen molar-refractivity contribution < 1.29 is 14.0 Å². The van der Waals surface area contributed by atoms with Gasteiger partial charge in [-0.15, -0.1) is 11.6 Å². The fourth-order valence-corrected chi connectivity index (χ4v) is 6.58. The zero-order valence-electron chi connectivity index (χ0n) is 15.6. The van der Waals surface area contributed by atoms with Gasteiger partial charge in [0.15, 0.2) is 0 Å². The molecule has 4 saturated carbocycles. The highest BCUT2D eigenvalue weighted by Crippen LogP contribution is 2.63. The van der Waals surface area contributed by atoms with E-state index < -0.39 is 5.41 Å². The molecule has 4 aliphatic rings. The molecule has 4 fully saturated rings. The smallest absolute Gasteiger partial charge is 0.242 e. The maximum absolute atomic E-state index is 13.3. The number of benzene rings is 1. The van der Waals surface area contributed by atoms with Gasteiger partial charge in [-0.25, -0.2) is 4.39 Å². The number of likely N-dealkylation sites (N-methyl/N-ethyl adjacent to an activating group) is 1. The van der Waals surface area contributed by atoms with Crippen LogP contribution >= 0.6 is 11.6 Å². The van der Waals surface area contributed by atoms with Crippen molar-refractivity contribution >= 4 is 23.4 Å². The number of rotatable bonds is 5. The van der Waals surface area contributed by atoms with Crippen LogP contribution in [0.3, 0.4) is 0 Å². The molecule has 146 valence electrons. The van der Waals surface area contributed by atoms with Crippen molar-refractivity contribution in [1.82, 2.24) is 10.2 Å². The Labute approximate surface area is 164 Å². The number of nitrogens with one attached hydrogen (secondary N) is 1. The van der Waals surface area contributed by atoms with Crippen LogP contribution in [0.5, 0.6) is 0 Å². The molecule has 5 rings (SSSR count). The van der Waals surface area contributed by atoms with E-state index in [-0.39, 0.29) is 29.1 Å². The van der Waals surface area contributed by atoms with E-state index >= 15 is 0 Å². The van der Waals surface area contributed by atoms with Crippen molar-refractivity contribution in [3.8, 4) is 0 Å². The molecule has 1 aromatic carbocycles. The Hall–Kier alpha value is -1.62. The SMILES string of the molecule is CN(Cc1cccc(F)c1)C(=O)CNC(=O)C12C[C@H]3C[C@@H](CC(Cl)(C3)C1)C2. The van der Waals surface area contributed by atoms with Gasteiger partial charge < -0.3 is 10.2 Å². The Bertz CT molecular complexity index is 754. The minimum atomic E-state index is -0.396. The topological polar surface area (TPSA) is 49.4 Å². The van der Waals surface area contributed by atoms with Crippen LogP contribution in [-0.4, -0.2) is 35.2 Å². The van der Waals surface area contributed by atoms with Gasteiger partial charge in [-0.05, 0) is 68.1 Å². The summed E-state index contributed by atoms with van der Waals surface area (Å²) >= 11 is 6.79. The average Bonchev–Trinajstić information content (AvgIpc) is 2.57. The van der Waals surface area contributed by atoms with Gasteiger partial charge in [0.2, 0.25) is 11.8 Å². The van der Waals surface area contributed by atoms with Crippen LogP contribution in [0.25, 0.3) is 0 Å². The number of carbonyl (C=O) groups excluding carboxylic acids is 2. The van der Waals surface area contributed by atoms with Crippen LogP contribution in [0.15, 0.2) is 24.3 Å². The predicted octanol–water partition coefficient (Wildman–Crippen LogP) is 3.48. The second-order valence-electron chi connectivity index (χ2n) is 8.95. The molecule has 2 amide bonds. The van der Waals surface area contributed by atoms with Gasteiger partial charge in [0, 0.05) is 18.5 Å². The van der Waals surface area contributed by atoms with Crippen LogP contribution < -0.4 is 5.32 Å². The van der Waals surface area contributed by atoms with Gasteiger partial charge in [0.25, 0.3) is 0 Å². The summed E-state index contributed by atoms with van der Waals surface area (Å²) in [5.41, 5.74) is 0.329.